The van der Waals surface area contributed by atoms with Crippen LogP contribution in [-0.2, 0) is 0 Å². The van der Waals surface area contributed by atoms with Gasteiger partial charge < -0.3 is 15.5 Å². The summed E-state index contributed by atoms with van der Waals surface area (Å²) in [6.45, 7) is 0. The van der Waals surface area contributed by atoms with E-state index in [4.69, 9.17) is 10.5 Å². The molecule has 3 N–H and O–H groups in total. The lowest BCUT2D eigenvalue weighted by molar-refractivity contribution is 0.100. The normalized spacial score (nSPS) is 10.4. The second-order valence-electron chi connectivity index (χ2n) is 2.84. The molecule has 0 aliphatic carbocycles. The molecule has 14 heavy (non-hydrogen) atoms. The molecule has 5 heteroatoms. The molecule has 1 amide bonds. The van der Waals surface area contributed by atoms with Crippen LogP contribution in [0.4, 0.5) is 0 Å². The second-order valence-corrected chi connectivity index (χ2v) is 2.84. The summed E-state index contributed by atoms with van der Waals surface area (Å²) >= 11 is 0. The molecule has 0 saturated carbocycles. The van der Waals surface area contributed by atoms with Crippen LogP contribution in [0, 0.1) is 0 Å². The Bertz CT molecular complexity index is 490. The van der Waals surface area contributed by atoms with Crippen molar-refractivity contribution in [2.45, 2.75) is 0 Å². The zero-order chi connectivity index (χ0) is 10.1. The van der Waals surface area contributed by atoms with Gasteiger partial charge in [0.15, 0.2) is 0 Å². The average Bonchev–Trinajstić information content (AvgIpc) is 2.58. The summed E-state index contributed by atoms with van der Waals surface area (Å²) in [5.41, 5.74) is 7.06. The van der Waals surface area contributed by atoms with Crippen molar-refractivity contribution in [1.82, 2.24) is 9.97 Å². The topological polar surface area (TPSA) is 81.0 Å². The third kappa shape index (κ3) is 1.28. The van der Waals surface area contributed by atoms with E-state index in [9.17, 15) is 4.79 Å². The van der Waals surface area contributed by atoms with Gasteiger partial charge in [-0.2, -0.15) is 4.98 Å². The first kappa shape index (κ1) is 8.55. The number of primary amides is 1. The van der Waals surface area contributed by atoms with Crippen LogP contribution in [0.2, 0.25) is 0 Å². The number of nitrogens with two attached hydrogens (primary N) is 1. The highest BCUT2D eigenvalue weighted by Gasteiger charge is 2.05. The van der Waals surface area contributed by atoms with Gasteiger partial charge in [0.1, 0.15) is 0 Å². The van der Waals surface area contributed by atoms with Gasteiger partial charge in [-0.05, 0) is 18.2 Å². The van der Waals surface area contributed by atoms with Crippen molar-refractivity contribution in [1.29, 1.82) is 0 Å². The number of hydrogen-bond acceptors (Lipinski definition) is 3. The summed E-state index contributed by atoms with van der Waals surface area (Å²) in [5.74, 6) is -0.458. The number of carbonyl (C=O) groups is 1. The minimum absolute atomic E-state index is 0.418. The summed E-state index contributed by atoms with van der Waals surface area (Å²) in [4.78, 5) is 17.9. The summed E-state index contributed by atoms with van der Waals surface area (Å²) < 4.78 is 4.92. The molecule has 1 aromatic carbocycles. The molecular formula is C9H9N3O2. The Hall–Kier alpha value is -2.04. The van der Waals surface area contributed by atoms with E-state index in [-0.39, 0.29) is 0 Å². The van der Waals surface area contributed by atoms with E-state index in [1.165, 1.54) is 7.11 Å². The van der Waals surface area contributed by atoms with E-state index in [1.54, 1.807) is 18.2 Å². The Labute approximate surface area is 79.9 Å². The van der Waals surface area contributed by atoms with Gasteiger partial charge in [-0.15, -0.1) is 0 Å². The third-order valence-corrected chi connectivity index (χ3v) is 1.94. The highest BCUT2D eigenvalue weighted by Crippen LogP contribution is 2.16. The molecule has 1 aromatic heterocycles. The molecule has 2 rings (SSSR count). The number of aromatic nitrogens is 2. The zero-order valence-corrected chi connectivity index (χ0v) is 7.57. The number of ether oxygens (including phenoxy) is 1. The number of aromatic amines is 1. The Morgan fingerprint density at radius 1 is 1.57 bits per heavy atom. The molecule has 5 nitrogen and oxygen atoms in total. The summed E-state index contributed by atoms with van der Waals surface area (Å²) in [5, 5.41) is 0. The molecule has 0 bridgehead atoms. The number of imidazole rings is 1. The maximum atomic E-state index is 10.9. The summed E-state index contributed by atoms with van der Waals surface area (Å²) in [6, 6.07) is 5.41. The minimum atomic E-state index is -0.458. The maximum absolute atomic E-state index is 10.9. The van der Waals surface area contributed by atoms with Crippen molar-refractivity contribution in [3.8, 4) is 6.01 Å². The van der Waals surface area contributed by atoms with Crippen LogP contribution >= 0.6 is 0 Å². The number of benzene rings is 1. The monoisotopic (exact) mass is 191 g/mol. The van der Waals surface area contributed by atoms with E-state index in [0.717, 1.165) is 11.0 Å². The van der Waals surface area contributed by atoms with E-state index in [1.807, 2.05) is 0 Å². The predicted molar refractivity (Wildman–Crippen MR) is 51.2 cm³/mol. The molecule has 0 atom stereocenters. The van der Waals surface area contributed by atoms with Crippen LogP contribution in [0.5, 0.6) is 6.01 Å². The zero-order valence-electron chi connectivity index (χ0n) is 7.57. The number of nitrogens with zero attached hydrogens (tertiary/aromatic N) is 1. The SMILES string of the molecule is COc1nc2ccc(C(N)=O)cc2[nH]1. The lowest BCUT2D eigenvalue weighted by atomic mass is 10.2. The smallest absolute Gasteiger partial charge is 0.294 e. The minimum Gasteiger partial charge on any atom is -0.468 e. The van der Waals surface area contributed by atoms with Crippen molar-refractivity contribution in [3.05, 3.63) is 23.8 Å². The average molecular weight is 191 g/mol. The van der Waals surface area contributed by atoms with Crippen LogP contribution < -0.4 is 10.5 Å². The highest BCUT2D eigenvalue weighted by atomic mass is 16.5. The molecule has 2 aromatic rings. The van der Waals surface area contributed by atoms with E-state index >= 15 is 0 Å². The molecule has 1 heterocycles. The fraction of sp³-hybridized carbons (Fsp3) is 0.111. The Kier molecular flexibility index (Phi) is 1.85. The number of methoxy groups -OCH3 is 1. The van der Waals surface area contributed by atoms with Crippen LogP contribution in [0.25, 0.3) is 11.0 Å². The lowest BCUT2D eigenvalue weighted by Crippen LogP contribution is -2.10. The first-order valence-corrected chi connectivity index (χ1v) is 4.04. The number of nitrogens with one attached hydrogen (secondary N) is 1. The third-order valence-electron chi connectivity index (χ3n) is 1.94. The van der Waals surface area contributed by atoms with E-state index in [2.05, 4.69) is 9.97 Å². The van der Waals surface area contributed by atoms with Crippen molar-refractivity contribution in [2.24, 2.45) is 5.73 Å². The van der Waals surface area contributed by atoms with Crippen molar-refractivity contribution < 1.29 is 9.53 Å². The van der Waals surface area contributed by atoms with Gasteiger partial charge in [-0.25, -0.2) is 0 Å². The predicted octanol–water partition coefficient (Wildman–Crippen LogP) is 0.670. The Balaban J connectivity index is 2.59. The maximum Gasteiger partial charge on any atom is 0.294 e. The fourth-order valence-electron chi connectivity index (χ4n) is 1.24. The summed E-state index contributed by atoms with van der Waals surface area (Å²) in [7, 11) is 1.52. The van der Waals surface area contributed by atoms with Crippen LogP contribution in [0.15, 0.2) is 18.2 Å². The molecule has 0 aliphatic heterocycles. The largest absolute Gasteiger partial charge is 0.468 e. The molecule has 72 valence electrons. The van der Waals surface area contributed by atoms with Gasteiger partial charge in [-0.3, -0.25) is 4.79 Å². The highest BCUT2D eigenvalue weighted by molar-refractivity contribution is 5.96. The number of H-pyrrole nitrogens is 1. The van der Waals surface area contributed by atoms with Crippen LogP contribution in [0.3, 0.4) is 0 Å². The molecule has 0 fully saturated rings. The van der Waals surface area contributed by atoms with Crippen molar-refractivity contribution >= 4 is 16.9 Å². The number of amides is 1. The molecule has 0 unspecified atom stereocenters. The fourth-order valence-corrected chi connectivity index (χ4v) is 1.24. The number of carbonyl (C=O) groups excluding carboxylic acids is 1. The molecular weight excluding hydrogens is 182 g/mol. The van der Waals surface area contributed by atoms with E-state index < -0.39 is 5.91 Å². The van der Waals surface area contributed by atoms with Gasteiger partial charge in [0.25, 0.3) is 6.01 Å². The molecule has 0 aliphatic rings. The summed E-state index contributed by atoms with van der Waals surface area (Å²) in [6.07, 6.45) is 0. The van der Waals surface area contributed by atoms with Crippen LogP contribution in [-0.4, -0.2) is 23.0 Å². The van der Waals surface area contributed by atoms with Gasteiger partial charge >= 0.3 is 0 Å². The lowest BCUT2D eigenvalue weighted by Gasteiger charge is -1.93. The first-order valence-electron chi connectivity index (χ1n) is 4.04. The Morgan fingerprint density at radius 2 is 2.36 bits per heavy atom. The molecule has 0 spiro atoms. The number of fused-ring (bicyclic) bond motifs is 1. The van der Waals surface area contributed by atoms with Crippen molar-refractivity contribution in [3.63, 3.8) is 0 Å². The molecule has 0 saturated heterocycles. The Morgan fingerprint density at radius 3 is 3.00 bits per heavy atom. The number of rotatable bonds is 2. The van der Waals surface area contributed by atoms with Crippen LogP contribution in [0.1, 0.15) is 10.4 Å². The standard InChI is InChI=1S/C9H9N3O2/c1-14-9-11-6-3-2-5(8(10)13)4-7(6)12-9/h2-4H,1H3,(H2,10,13)(H,11,12). The van der Waals surface area contributed by atoms with Gasteiger partial charge in [0.05, 0.1) is 18.1 Å². The second kappa shape index (κ2) is 3.02. The van der Waals surface area contributed by atoms with Crippen molar-refractivity contribution in [2.75, 3.05) is 7.11 Å². The van der Waals surface area contributed by atoms with Gasteiger partial charge in [0.2, 0.25) is 5.91 Å². The van der Waals surface area contributed by atoms with Gasteiger partial charge in [-0.1, -0.05) is 0 Å². The van der Waals surface area contributed by atoms with E-state index in [0.29, 0.717) is 11.6 Å². The first-order chi connectivity index (χ1) is 6.70. The molecule has 0 radical (unpaired) electrons. The number of hydrogen-bond donors (Lipinski definition) is 2. The quantitative estimate of drug-likeness (QED) is 0.732. The van der Waals surface area contributed by atoms with Gasteiger partial charge in [0, 0.05) is 5.56 Å².